The van der Waals surface area contributed by atoms with Crippen molar-refractivity contribution in [2.45, 2.75) is 58.2 Å². The fourth-order valence-corrected chi connectivity index (χ4v) is 1.97. The van der Waals surface area contributed by atoms with E-state index in [1.54, 1.807) is 7.11 Å². The quantitative estimate of drug-likeness (QED) is 0.773. The Morgan fingerprint density at radius 3 is 2.72 bits per heavy atom. The summed E-state index contributed by atoms with van der Waals surface area (Å²) >= 11 is 0. The van der Waals surface area contributed by atoms with Crippen LogP contribution in [0.25, 0.3) is 0 Å². The molecule has 1 rings (SSSR count). The van der Waals surface area contributed by atoms with Crippen LogP contribution < -0.4 is 5.32 Å². The molecule has 3 unspecified atom stereocenters. The second-order valence-electron chi connectivity index (χ2n) is 5.02. The van der Waals surface area contributed by atoms with E-state index in [-0.39, 0.29) is 6.10 Å². The van der Waals surface area contributed by atoms with Gasteiger partial charge in [0, 0.05) is 31.8 Å². The summed E-state index contributed by atoms with van der Waals surface area (Å²) in [4.78, 5) is 0. The third kappa shape index (κ3) is 4.42. The van der Waals surface area contributed by atoms with Gasteiger partial charge in [-0.1, -0.05) is 6.92 Å². The number of hydrogen-bond donors (Lipinski definition) is 1. The first-order chi connectivity index (χ1) is 8.60. The molecule has 0 amide bonds. The number of nitrogens with one attached hydrogen (secondary N) is 1. The molecular formula is C14H27N3O. The van der Waals surface area contributed by atoms with Crippen LogP contribution in [-0.4, -0.2) is 36.1 Å². The van der Waals surface area contributed by atoms with Gasteiger partial charge in [0.25, 0.3) is 0 Å². The predicted octanol–water partition coefficient (Wildman–Crippen LogP) is 2.41. The average Bonchev–Trinajstić information content (AvgIpc) is 2.85. The van der Waals surface area contributed by atoms with Crippen molar-refractivity contribution in [3.63, 3.8) is 0 Å². The van der Waals surface area contributed by atoms with Crippen LogP contribution in [0.5, 0.6) is 0 Å². The van der Waals surface area contributed by atoms with E-state index in [9.17, 15) is 0 Å². The van der Waals surface area contributed by atoms with Crippen LogP contribution in [0, 0.1) is 0 Å². The molecular weight excluding hydrogens is 226 g/mol. The summed E-state index contributed by atoms with van der Waals surface area (Å²) in [5, 5.41) is 7.98. The summed E-state index contributed by atoms with van der Waals surface area (Å²) in [5.41, 5.74) is 1.15. The first-order valence-corrected chi connectivity index (χ1v) is 6.84. The number of aromatic nitrogens is 2. The van der Waals surface area contributed by atoms with Gasteiger partial charge in [-0.3, -0.25) is 4.68 Å². The van der Waals surface area contributed by atoms with Gasteiger partial charge in [0.05, 0.1) is 11.8 Å². The topological polar surface area (TPSA) is 39.1 Å². The molecule has 0 aromatic carbocycles. The van der Waals surface area contributed by atoms with Crippen molar-refractivity contribution >= 4 is 0 Å². The van der Waals surface area contributed by atoms with Crippen molar-refractivity contribution in [2.75, 3.05) is 14.2 Å². The molecule has 1 heterocycles. The molecule has 0 spiro atoms. The molecule has 1 aromatic heterocycles. The molecule has 1 aromatic rings. The maximum Gasteiger partial charge on any atom is 0.0640 e. The van der Waals surface area contributed by atoms with Crippen LogP contribution in [-0.2, 0) is 11.2 Å². The fourth-order valence-electron chi connectivity index (χ4n) is 1.97. The van der Waals surface area contributed by atoms with Crippen LogP contribution in [0.1, 0.15) is 45.3 Å². The standard InChI is InChI=1S/C14H27N3O/c1-6-11(2)17-8-7-13(16-17)10-14(15-4)9-12(3)18-5/h7-8,11-12,14-15H,6,9-10H2,1-5H3. The van der Waals surface area contributed by atoms with Crippen molar-refractivity contribution in [3.8, 4) is 0 Å². The van der Waals surface area contributed by atoms with Gasteiger partial charge in [-0.2, -0.15) is 5.10 Å². The lowest BCUT2D eigenvalue weighted by Crippen LogP contribution is -2.31. The van der Waals surface area contributed by atoms with Crippen LogP contribution in [0.15, 0.2) is 12.3 Å². The lowest BCUT2D eigenvalue weighted by Gasteiger charge is -2.18. The van der Waals surface area contributed by atoms with Gasteiger partial charge < -0.3 is 10.1 Å². The Morgan fingerprint density at radius 1 is 1.44 bits per heavy atom. The van der Waals surface area contributed by atoms with Crippen LogP contribution in [0.2, 0.25) is 0 Å². The second-order valence-corrected chi connectivity index (χ2v) is 5.02. The number of nitrogens with zero attached hydrogens (tertiary/aromatic N) is 2. The van der Waals surface area contributed by atoms with E-state index in [0.29, 0.717) is 12.1 Å². The minimum absolute atomic E-state index is 0.277. The zero-order valence-electron chi connectivity index (χ0n) is 12.3. The summed E-state index contributed by atoms with van der Waals surface area (Å²) in [5.74, 6) is 0. The fraction of sp³-hybridized carbons (Fsp3) is 0.786. The van der Waals surface area contributed by atoms with Crippen molar-refractivity contribution in [1.29, 1.82) is 0 Å². The van der Waals surface area contributed by atoms with Gasteiger partial charge in [0.2, 0.25) is 0 Å². The predicted molar refractivity (Wildman–Crippen MR) is 74.9 cm³/mol. The van der Waals surface area contributed by atoms with E-state index >= 15 is 0 Å². The molecule has 0 fully saturated rings. The first-order valence-electron chi connectivity index (χ1n) is 6.84. The smallest absolute Gasteiger partial charge is 0.0640 e. The molecule has 1 N–H and O–H groups in total. The third-order valence-electron chi connectivity index (χ3n) is 3.59. The Labute approximate surface area is 111 Å². The lowest BCUT2D eigenvalue weighted by molar-refractivity contribution is 0.101. The maximum atomic E-state index is 5.32. The maximum absolute atomic E-state index is 5.32. The lowest BCUT2D eigenvalue weighted by atomic mass is 10.1. The van der Waals surface area contributed by atoms with Crippen molar-refractivity contribution in [2.24, 2.45) is 0 Å². The number of rotatable bonds is 8. The number of hydrogen-bond acceptors (Lipinski definition) is 3. The molecule has 4 nitrogen and oxygen atoms in total. The Kier molecular flexibility index (Phi) is 6.36. The Balaban J connectivity index is 2.56. The summed E-state index contributed by atoms with van der Waals surface area (Å²) in [6.07, 6.45) is 5.42. The van der Waals surface area contributed by atoms with Crippen LogP contribution in [0.3, 0.4) is 0 Å². The van der Waals surface area contributed by atoms with E-state index in [0.717, 1.165) is 25.0 Å². The zero-order valence-corrected chi connectivity index (χ0v) is 12.3. The Hall–Kier alpha value is -0.870. The van der Waals surface area contributed by atoms with Gasteiger partial charge in [0.1, 0.15) is 0 Å². The molecule has 0 radical (unpaired) electrons. The molecule has 18 heavy (non-hydrogen) atoms. The highest BCUT2D eigenvalue weighted by Gasteiger charge is 2.14. The summed E-state index contributed by atoms with van der Waals surface area (Å²) in [6, 6.07) is 3.01. The third-order valence-corrected chi connectivity index (χ3v) is 3.59. The molecule has 4 heteroatoms. The second kappa shape index (κ2) is 7.54. The van der Waals surface area contributed by atoms with Crippen molar-refractivity contribution in [1.82, 2.24) is 15.1 Å². The minimum atomic E-state index is 0.277. The summed E-state index contributed by atoms with van der Waals surface area (Å²) in [6.45, 7) is 6.48. The van der Waals surface area contributed by atoms with Gasteiger partial charge in [0.15, 0.2) is 0 Å². The van der Waals surface area contributed by atoms with Crippen LogP contribution in [0.4, 0.5) is 0 Å². The van der Waals surface area contributed by atoms with Crippen molar-refractivity contribution in [3.05, 3.63) is 18.0 Å². The first kappa shape index (κ1) is 15.2. The van der Waals surface area contributed by atoms with E-state index < -0.39 is 0 Å². The normalized spacial score (nSPS) is 16.5. The van der Waals surface area contributed by atoms with Gasteiger partial charge >= 0.3 is 0 Å². The molecule has 104 valence electrons. The highest BCUT2D eigenvalue weighted by molar-refractivity contribution is 5.02. The molecule has 0 bridgehead atoms. The number of ether oxygens (including phenoxy) is 1. The highest BCUT2D eigenvalue weighted by atomic mass is 16.5. The SMILES string of the molecule is CCC(C)n1ccc(CC(CC(C)OC)NC)n1. The van der Waals surface area contributed by atoms with E-state index in [1.807, 2.05) is 7.05 Å². The van der Waals surface area contributed by atoms with Gasteiger partial charge in [-0.15, -0.1) is 0 Å². The van der Waals surface area contributed by atoms with E-state index in [4.69, 9.17) is 4.74 Å². The molecule has 0 saturated heterocycles. The molecule has 0 aliphatic heterocycles. The number of methoxy groups -OCH3 is 1. The molecule has 3 atom stereocenters. The monoisotopic (exact) mass is 253 g/mol. The van der Waals surface area contributed by atoms with Gasteiger partial charge in [-0.05, 0) is 39.8 Å². The summed E-state index contributed by atoms with van der Waals surface area (Å²) < 4.78 is 7.37. The van der Waals surface area contributed by atoms with E-state index in [2.05, 4.69) is 48.1 Å². The Morgan fingerprint density at radius 2 is 2.17 bits per heavy atom. The summed E-state index contributed by atoms with van der Waals surface area (Å²) in [7, 11) is 3.76. The Bertz CT molecular complexity index is 338. The largest absolute Gasteiger partial charge is 0.382 e. The average molecular weight is 253 g/mol. The molecule has 0 saturated carbocycles. The van der Waals surface area contributed by atoms with Crippen molar-refractivity contribution < 1.29 is 4.74 Å². The van der Waals surface area contributed by atoms with Gasteiger partial charge in [-0.25, -0.2) is 0 Å². The number of likely N-dealkylation sites (N-methyl/N-ethyl adjacent to an activating group) is 1. The van der Waals surface area contributed by atoms with E-state index in [1.165, 1.54) is 0 Å². The highest BCUT2D eigenvalue weighted by Crippen LogP contribution is 2.12. The molecule has 0 aliphatic carbocycles. The van der Waals surface area contributed by atoms with Crippen LogP contribution >= 0.6 is 0 Å². The minimum Gasteiger partial charge on any atom is -0.382 e. The molecule has 0 aliphatic rings. The zero-order chi connectivity index (χ0) is 13.5.